The minimum Gasteiger partial charge on any atom is -0.496 e. The number of rotatable bonds is 8. The Balaban J connectivity index is 0. The molecule has 0 saturated heterocycles. The largest absolute Gasteiger partial charge is 0.496 e. The molecule has 0 aromatic heterocycles. The number of nitrogens with zero attached hydrogens (tertiary/aromatic N) is 1. The van der Waals surface area contributed by atoms with Gasteiger partial charge in [0.05, 0.1) is 13.2 Å². The minimum absolute atomic E-state index is 0. The molecule has 1 rings (SSSR count). The Morgan fingerprint density at radius 3 is 2.45 bits per heavy atom. The van der Waals surface area contributed by atoms with Gasteiger partial charge in [0, 0.05) is 25.1 Å². The molecule has 1 atom stereocenters. The summed E-state index contributed by atoms with van der Waals surface area (Å²) in [5.41, 5.74) is 1.08. The SMILES string of the molecule is CNCCC(=O)NCC(c1ccccc1OC)N(C)C.Cl.Cl. The molecule has 128 valence electrons. The summed E-state index contributed by atoms with van der Waals surface area (Å²) in [5, 5.41) is 5.94. The lowest BCUT2D eigenvalue weighted by Gasteiger charge is -2.26. The molecular formula is C15H27Cl2N3O2. The lowest BCUT2D eigenvalue weighted by atomic mass is 10.0. The third-order valence-corrected chi connectivity index (χ3v) is 3.22. The van der Waals surface area contributed by atoms with E-state index in [1.54, 1.807) is 7.11 Å². The van der Waals surface area contributed by atoms with Crippen molar-refractivity contribution < 1.29 is 9.53 Å². The van der Waals surface area contributed by atoms with Crippen molar-refractivity contribution in [3.05, 3.63) is 29.8 Å². The topological polar surface area (TPSA) is 53.6 Å². The zero-order chi connectivity index (χ0) is 15.0. The van der Waals surface area contributed by atoms with Crippen LogP contribution in [0.5, 0.6) is 5.75 Å². The first-order valence-corrected chi connectivity index (χ1v) is 6.80. The number of hydrogen-bond acceptors (Lipinski definition) is 4. The quantitative estimate of drug-likeness (QED) is 0.750. The highest BCUT2D eigenvalue weighted by atomic mass is 35.5. The molecule has 0 heterocycles. The van der Waals surface area contributed by atoms with Gasteiger partial charge in [0.1, 0.15) is 5.75 Å². The third-order valence-electron chi connectivity index (χ3n) is 3.22. The van der Waals surface area contributed by atoms with E-state index in [2.05, 4.69) is 15.5 Å². The summed E-state index contributed by atoms with van der Waals surface area (Å²) < 4.78 is 5.40. The van der Waals surface area contributed by atoms with Crippen LogP contribution in [0, 0.1) is 0 Å². The third kappa shape index (κ3) is 7.31. The molecule has 2 N–H and O–H groups in total. The molecule has 7 heteroatoms. The van der Waals surface area contributed by atoms with E-state index in [-0.39, 0.29) is 36.8 Å². The van der Waals surface area contributed by atoms with Crippen LogP contribution in [-0.4, -0.2) is 52.1 Å². The van der Waals surface area contributed by atoms with Crippen LogP contribution in [-0.2, 0) is 4.79 Å². The number of hydrogen-bond donors (Lipinski definition) is 2. The molecule has 1 unspecified atom stereocenters. The van der Waals surface area contributed by atoms with Gasteiger partial charge in [0.2, 0.25) is 5.91 Å². The highest BCUT2D eigenvalue weighted by Crippen LogP contribution is 2.27. The Kier molecular flexibility index (Phi) is 13.2. The monoisotopic (exact) mass is 351 g/mol. The maximum atomic E-state index is 11.7. The molecule has 0 bridgehead atoms. The number of amides is 1. The maximum absolute atomic E-state index is 11.7. The highest BCUT2D eigenvalue weighted by molar-refractivity contribution is 5.85. The van der Waals surface area contributed by atoms with Crippen LogP contribution < -0.4 is 15.4 Å². The first kappa shape index (κ1) is 23.3. The molecule has 0 aliphatic heterocycles. The Morgan fingerprint density at radius 1 is 1.27 bits per heavy atom. The Hall–Kier alpha value is -1.01. The predicted molar refractivity (Wildman–Crippen MR) is 95.5 cm³/mol. The van der Waals surface area contributed by atoms with Crippen LogP contribution in [0.2, 0.25) is 0 Å². The lowest BCUT2D eigenvalue weighted by molar-refractivity contribution is -0.121. The lowest BCUT2D eigenvalue weighted by Crippen LogP contribution is -2.35. The maximum Gasteiger partial charge on any atom is 0.221 e. The minimum atomic E-state index is 0. The number of carbonyl (C=O) groups is 1. The molecule has 0 aliphatic carbocycles. The summed E-state index contributed by atoms with van der Waals surface area (Å²) >= 11 is 0. The van der Waals surface area contributed by atoms with E-state index in [0.29, 0.717) is 19.5 Å². The second-order valence-corrected chi connectivity index (χ2v) is 4.88. The molecule has 0 spiro atoms. The fourth-order valence-electron chi connectivity index (χ4n) is 2.05. The number of likely N-dealkylation sites (N-methyl/N-ethyl adjacent to an activating group) is 1. The van der Waals surface area contributed by atoms with Crippen LogP contribution in [0.4, 0.5) is 0 Å². The molecule has 0 radical (unpaired) electrons. The van der Waals surface area contributed by atoms with E-state index in [1.165, 1.54) is 0 Å². The molecular weight excluding hydrogens is 325 g/mol. The molecule has 0 saturated carbocycles. The van der Waals surface area contributed by atoms with Crippen molar-refractivity contribution in [2.24, 2.45) is 0 Å². The Bertz CT molecular complexity index is 431. The zero-order valence-electron chi connectivity index (χ0n) is 13.6. The Morgan fingerprint density at radius 2 is 1.91 bits per heavy atom. The van der Waals surface area contributed by atoms with E-state index in [0.717, 1.165) is 11.3 Å². The summed E-state index contributed by atoms with van der Waals surface area (Å²) in [6.45, 7) is 1.25. The first-order chi connectivity index (χ1) is 9.60. The van der Waals surface area contributed by atoms with Crippen molar-refractivity contribution >= 4 is 30.7 Å². The van der Waals surface area contributed by atoms with Crippen LogP contribution in [0.3, 0.4) is 0 Å². The van der Waals surface area contributed by atoms with Gasteiger partial charge in [-0.3, -0.25) is 4.79 Å². The van der Waals surface area contributed by atoms with E-state index in [1.807, 2.05) is 45.4 Å². The van der Waals surface area contributed by atoms with Gasteiger partial charge in [-0.25, -0.2) is 0 Å². The van der Waals surface area contributed by atoms with Crippen LogP contribution in [0.1, 0.15) is 18.0 Å². The number of para-hydroxylation sites is 1. The standard InChI is InChI=1S/C15H25N3O2.2ClH/c1-16-10-9-15(19)17-11-13(18(2)3)12-7-5-6-8-14(12)20-4;;/h5-8,13,16H,9-11H2,1-4H3,(H,17,19);2*1H. The van der Waals surface area contributed by atoms with Crippen LogP contribution >= 0.6 is 24.8 Å². The normalized spacial score (nSPS) is 11.1. The summed E-state index contributed by atoms with van der Waals surface area (Å²) in [7, 11) is 7.50. The molecule has 0 fully saturated rings. The molecule has 5 nitrogen and oxygen atoms in total. The van der Waals surface area contributed by atoms with Gasteiger partial charge >= 0.3 is 0 Å². The van der Waals surface area contributed by atoms with Gasteiger partial charge in [-0.15, -0.1) is 24.8 Å². The first-order valence-electron chi connectivity index (χ1n) is 6.80. The Labute approximate surface area is 145 Å². The molecule has 0 aliphatic rings. The fraction of sp³-hybridized carbons (Fsp3) is 0.533. The number of halogens is 2. The van der Waals surface area contributed by atoms with Crippen molar-refractivity contribution in [2.75, 3.05) is 41.3 Å². The zero-order valence-corrected chi connectivity index (χ0v) is 15.2. The molecule has 1 aromatic rings. The summed E-state index contributed by atoms with van der Waals surface area (Å²) in [6, 6.07) is 7.99. The molecule has 22 heavy (non-hydrogen) atoms. The van der Waals surface area contributed by atoms with Crippen molar-refractivity contribution in [1.29, 1.82) is 0 Å². The smallest absolute Gasteiger partial charge is 0.221 e. The summed E-state index contributed by atoms with van der Waals surface area (Å²) in [6.07, 6.45) is 0.489. The van der Waals surface area contributed by atoms with Gasteiger partial charge in [-0.05, 0) is 27.2 Å². The van der Waals surface area contributed by atoms with Crippen molar-refractivity contribution in [3.63, 3.8) is 0 Å². The van der Waals surface area contributed by atoms with E-state index < -0.39 is 0 Å². The average molecular weight is 352 g/mol. The number of nitrogens with one attached hydrogen (secondary N) is 2. The van der Waals surface area contributed by atoms with Crippen LogP contribution in [0.25, 0.3) is 0 Å². The van der Waals surface area contributed by atoms with Gasteiger partial charge in [-0.1, -0.05) is 18.2 Å². The van der Waals surface area contributed by atoms with E-state index in [4.69, 9.17) is 4.74 Å². The van der Waals surface area contributed by atoms with Gasteiger partial charge in [-0.2, -0.15) is 0 Å². The summed E-state index contributed by atoms with van der Waals surface area (Å²) in [4.78, 5) is 13.8. The number of methoxy groups -OCH3 is 1. The predicted octanol–water partition coefficient (Wildman–Crippen LogP) is 1.87. The van der Waals surface area contributed by atoms with Crippen LogP contribution in [0.15, 0.2) is 24.3 Å². The number of ether oxygens (including phenoxy) is 1. The van der Waals surface area contributed by atoms with Crippen molar-refractivity contribution in [3.8, 4) is 5.75 Å². The number of benzene rings is 1. The van der Waals surface area contributed by atoms with Crippen molar-refractivity contribution in [1.82, 2.24) is 15.5 Å². The van der Waals surface area contributed by atoms with E-state index in [9.17, 15) is 4.79 Å². The van der Waals surface area contributed by atoms with E-state index >= 15 is 0 Å². The second-order valence-electron chi connectivity index (χ2n) is 4.88. The van der Waals surface area contributed by atoms with Crippen molar-refractivity contribution in [2.45, 2.75) is 12.5 Å². The highest BCUT2D eigenvalue weighted by Gasteiger charge is 2.18. The average Bonchev–Trinajstić information content (AvgIpc) is 2.45. The fourth-order valence-corrected chi connectivity index (χ4v) is 2.05. The van der Waals surface area contributed by atoms with Gasteiger partial charge in [0.25, 0.3) is 0 Å². The number of carbonyl (C=O) groups excluding carboxylic acids is 1. The second kappa shape index (κ2) is 12.5. The molecule has 1 aromatic carbocycles. The molecule has 1 amide bonds. The van der Waals surface area contributed by atoms with Gasteiger partial charge in [0.15, 0.2) is 0 Å². The summed E-state index contributed by atoms with van der Waals surface area (Å²) in [5.74, 6) is 0.900. The van der Waals surface area contributed by atoms with Gasteiger partial charge < -0.3 is 20.3 Å².